The number of hydrogen-bond donors (Lipinski definition) is 1. The molecular weight excluding hydrogens is 592 g/mol. The highest BCUT2D eigenvalue weighted by molar-refractivity contribution is 9.10. The van der Waals surface area contributed by atoms with Gasteiger partial charge in [-0.25, -0.2) is 9.48 Å². The number of nitrogens with one attached hydrogen (secondary N) is 1. The van der Waals surface area contributed by atoms with Crippen molar-refractivity contribution >= 4 is 39.6 Å². The van der Waals surface area contributed by atoms with Crippen molar-refractivity contribution in [1.82, 2.24) is 14.8 Å². The molecule has 40 heavy (non-hydrogen) atoms. The van der Waals surface area contributed by atoms with Gasteiger partial charge in [0.1, 0.15) is 19.3 Å². The van der Waals surface area contributed by atoms with E-state index in [2.05, 4.69) is 26.2 Å². The Bertz CT molecular complexity index is 1520. The molecule has 1 aliphatic rings. The Morgan fingerprint density at radius 3 is 2.50 bits per heavy atom. The van der Waals surface area contributed by atoms with Gasteiger partial charge in [0.25, 0.3) is 0 Å². The minimum atomic E-state index is -0.576. The Morgan fingerprint density at radius 1 is 1.02 bits per heavy atom. The summed E-state index contributed by atoms with van der Waals surface area (Å²) in [5.41, 5.74) is 3.84. The van der Waals surface area contributed by atoms with Crippen molar-refractivity contribution in [3.05, 3.63) is 105 Å². The molecule has 3 aromatic carbocycles. The van der Waals surface area contributed by atoms with Crippen LogP contribution < -0.4 is 14.8 Å². The van der Waals surface area contributed by atoms with E-state index in [1.807, 2.05) is 86.6 Å². The number of methoxy groups -OCH3 is 1. The Morgan fingerprint density at radius 2 is 1.77 bits per heavy atom. The number of anilines is 1. The van der Waals surface area contributed by atoms with Gasteiger partial charge in [-0.2, -0.15) is 4.98 Å². The third-order valence-corrected chi connectivity index (χ3v) is 7.60. The van der Waals surface area contributed by atoms with Crippen LogP contribution in [-0.2, 0) is 22.7 Å². The minimum absolute atomic E-state index is 0.163. The lowest BCUT2D eigenvalue weighted by Crippen LogP contribution is -2.29. The van der Waals surface area contributed by atoms with E-state index in [0.29, 0.717) is 40.5 Å². The monoisotopic (exact) mass is 620 g/mol. The van der Waals surface area contributed by atoms with Gasteiger partial charge in [0.05, 0.1) is 12.7 Å². The van der Waals surface area contributed by atoms with Crippen molar-refractivity contribution < 1.29 is 19.0 Å². The highest BCUT2D eigenvalue weighted by Crippen LogP contribution is 2.40. The lowest BCUT2D eigenvalue weighted by molar-refractivity contribution is -0.140. The summed E-state index contributed by atoms with van der Waals surface area (Å²) in [6.45, 7) is 4.45. The summed E-state index contributed by atoms with van der Waals surface area (Å²) in [6.07, 6.45) is 0. The SMILES string of the molecule is CCSc1nc2n(n1)C(c1ccc(OCc3ccc(Br)cc3)c(OC)c1)C(C(=O)OCc1ccccc1)=C(C)N2. The summed E-state index contributed by atoms with van der Waals surface area (Å²) in [7, 11) is 1.60. The fourth-order valence-corrected chi connectivity index (χ4v) is 5.23. The number of ether oxygens (including phenoxy) is 3. The normalized spacial score (nSPS) is 14.3. The maximum Gasteiger partial charge on any atom is 0.338 e. The number of thioether (sulfide) groups is 1. The molecule has 0 radical (unpaired) electrons. The van der Waals surface area contributed by atoms with Gasteiger partial charge in [0.15, 0.2) is 11.5 Å². The average molecular weight is 622 g/mol. The molecule has 1 atom stereocenters. The Kier molecular flexibility index (Phi) is 8.76. The molecule has 0 saturated carbocycles. The van der Waals surface area contributed by atoms with Gasteiger partial charge in [-0.05, 0) is 53.6 Å². The summed E-state index contributed by atoms with van der Waals surface area (Å²) in [5, 5.41) is 8.61. The van der Waals surface area contributed by atoms with Crippen molar-refractivity contribution in [3.63, 3.8) is 0 Å². The van der Waals surface area contributed by atoms with Crippen LogP contribution in [0.15, 0.2) is 93.7 Å². The zero-order valence-electron chi connectivity index (χ0n) is 22.4. The quantitative estimate of drug-likeness (QED) is 0.153. The molecule has 0 amide bonds. The van der Waals surface area contributed by atoms with Crippen molar-refractivity contribution in [2.75, 3.05) is 18.2 Å². The summed E-state index contributed by atoms with van der Waals surface area (Å²) >= 11 is 4.99. The van der Waals surface area contributed by atoms with Crippen LogP contribution in [-0.4, -0.2) is 33.6 Å². The third kappa shape index (κ3) is 6.18. The molecule has 1 aromatic heterocycles. The maximum absolute atomic E-state index is 13.6. The van der Waals surface area contributed by atoms with Crippen LogP contribution in [0.4, 0.5) is 5.95 Å². The second kappa shape index (κ2) is 12.6. The molecule has 1 N–H and O–H groups in total. The van der Waals surface area contributed by atoms with E-state index in [1.165, 1.54) is 11.8 Å². The van der Waals surface area contributed by atoms with Crippen LogP contribution in [0.2, 0.25) is 0 Å². The second-order valence-electron chi connectivity index (χ2n) is 9.05. The summed E-state index contributed by atoms with van der Waals surface area (Å²) in [6, 6.07) is 22.6. The van der Waals surface area contributed by atoms with Gasteiger partial charge in [-0.3, -0.25) is 0 Å². The molecule has 1 aliphatic heterocycles. The first-order chi connectivity index (χ1) is 19.5. The zero-order chi connectivity index (χ0) is 28.1. The summed E-state index contributed by atoms with van der Waals surface area (Å²) < 4.78 is 20.3. The van der Waals surface area contributed by atoms with Gasteiger partial charge in [-0.1, -0.05) is 83.1 Å². The number of allylic oxidation sites excluding steroid dienone is 1. The van der Waals surface area contributed by atoms with Crippen LogP contribution in [0.5, 0.6) is 11.5 Å². The number of carbonyl (C=O) groups is 1. The first kappa shape index (κ1) is 27.8. The summed E-state index contributed by atoms with van der Waals surface area (Å²) in [5.74, 6) is 2.10. The lowest BCUT2D eigenvalue weighted by atomic mass is 9.95. The predicted octanol–water partition coefficient (Wildman–Crippen LogP) is 6.77. The van der Waals surface area contributed by atoms with E-state index in [-0.39, 0.29) is 6.61 Å². The van der Waals surface area contributed by atoms with E-state index >= 15 is 0 Å². The van der Waals surface area contributed by atoms with Crippen molar-refractivity contribution in [3.8, 4) is 11.5 Å². The van der Waals surface area contributed by atoms with E-state index in [0.717, 1.165) is 26.9 Å². The largest absolute Gasteiger partial charge is 0.493 e. The number of benzene rings is 3. The van der Waals surface area contributed by atoms with Crippen molar-refractivity contribution in [2.24, 2.45) is 0 Å². The molecule has 0 aliphatic carbocycles. The number of esters is 1. The maximum atomic E-state index is 13.6. The first-order valence-corrected chi connectivity index (χ1v) is 14.6. The third-order valence-electron chi connectivity index (χ3n) is 6.35. The Hall–Kier alpha value is -3.76. The molecular formula is C30H29BrN4O4S. The minimum Gasteiger partial charge on any atom is -0.493 e. The number of hydrogen-bond acceptors (Lipinski definition) is 8. The Balaban J connectivity index is 1.47. The molecule has 5 rings (SSSR count). The molecule has 0 bridgehead atoms. The molecule has 0 spiro atoms. The van der Waals surface area contributed by atoms with Gasteiger partial charge < -0.3 is 19.5 Å². The zero-order valence-corrected chi connectivity index (χ0v) is 24.8. The highest BCUT2D eigenvalue weighted by atomic mass is 79.9. The van der Waals surface area contributed by atoms with Crippen molar-refractivity contribution in [1.29, 1.82) is 0 Å². The molecule has 2 heterocycles. The lowest BCUT2D eigenvalue weighted by Gasteiger charge is -2.28. The predicted molar refractivity (Wildman–Crippen MR) is 159 cm³/mol. The van der Waals surface area contributed by atoms with Crippen LogP contribution in [0.25, 0.3) is 0 Å². The Labute approximate surface area is 245 Å². The molecule has 206 valence electrons. The number of aromatic nitrogens is 3. The molecule has 0 saturated heterocycles. The van der Waals surface area contributed by atoms with E-state index in [1.54, 1.807) is 11.8 Å². The average Bonchev–Trinajstić information content (AvgIpc) is 3.37. The molecule has 10 heteroatoms. The second-order valence-corrected chi connectivity index (χ2v) is 11.2. The number of nitrogens with zero attached hydrogens (tertiary/aromatic N) is 3. The molecule has 0 fully saturated rings. The van der Waals surface area contributed by atoms with Crippen LogP contribution in [0.1, 0.15) is 36.6 Å². The van der Waals surface area contributed by atoms with Crippen LogP contribution >= 0.6 is 27.7 Å². The standard InChI is InChI=1S/C30H29BrN4O4S/c1-4-40-30-33-29-32-19(2)26(28(36)39-18-20-8-6-5-7-9-20)27(35(29)34-30)22-12-15-24(25(16-22)37-3)38-17-21-10-13-23(31)14-11-21/h5-16,27H,4,17-18H2,1-3H3,(H,32,33,34). The highest BCUT2D eigenvalue weighted by Gasteiger charge is 2.36. The van der Waals surface area contributed by atoms with Crippen LogP contribution in [0, 0.1) is 0 Å². The van der Waals surface area contributed by atoms with E-state index < -0.39 is 12.0 Å². The summed E-state index contributed by atoms with van der Waals surface area (Å²) in [4.78, 5) is 18.2. The van der Waals surface area contributed by atoms with Gasteiger partial charge in [0.2, 0.25) is 11.1 Å². The number of rotatable bonds is 10. The molecule has 8 nitrogen and oxygen atoms in total. The molecule has 4 aromatic rings. The molecule has 1 unspecified atom stereocenters. The topological polar surface area (TPSA) is 87.5 Å². The van der Waals surface area contributed by atoms with Gasteiger partial charge in [-0.15, -0.1) is 5.10 Å². The fraction of sp³-hybridized carbons (Fsp3) is 0.233. The van der Waals surface area contributed by atoms with E-state index in [9.17, 15) is 4.79 Å². The number of fused-ring (bicyclic) bond motifs is 1. The first-order valence-electron chi connectivity index (χ1n) is 12.8. The fourth-order valence-electron chi connectivity index (χ4n) is 4.41. The van der Waals surface area contributed by atoms with Gasteiger partial charge >= 0.3 is 5.97 Å². The van der Waals surface area contributed by atoms with Gasteiger partial charge in [0, 0.05) is 10.2 Å². The number of halogens is 1. The number of carbonyl (C=O) groups excluding carboxylic acids is 1. The van der Waals surface area contributed by atoms with E-state index in [4.69, 9.17) is 19.3 Å². The van der Waals surface area contributed by atoms with Crippen LogP contribution in [0.3, 0.4) is 0 Å². The van der Waals surface area contributed by atoms with Crippen molar-refractivity contribution in [2.45, 2.75) is 38.3 Å². The smallest absolute Gasteiger partial charge is 0.338 e.